The van der Waals surface area contributed by atoms with Crippen molar-refractivity contribution >= 4 is 46.3 Å². The quantitative estimate of drug-likeness (QED) is 0.0626. The molecule has 5 amide bonds. The van der Waals surface area contributed by atoms with Crippen LogP contribution in [-0.4, -0.2) is 84.2 Å². The third-order valence-electron chi connectivity index (χ3n) is 9.07. The number of aliphatic imine (C=N–C) groups is 1. The Labute approximate surface area is 288 Å². The van der Waals surface area contributed by atoms with E-state index in [1.807, 2.05) is 49.4 Å². The van der Waals surface area contributed by atoms with Gasteiger partial charge in [-0.25, -0.2) is 0 Å². The average molecular weight is 680 g/mol. The lowest BCUT2D eigenvalue weighted by molar-refractivity contribution is -0.139. The number of nitrogens with one attached hydrogen (secondary N) is 3. The molecule has 1 heterocycles. The molecule has 268 valence electrons. The van der Waals surface area contributed by atoms with Crippen LogP contribution in [0.3, 0.4) is 0 Å². The van der Waals surface area contributed by atoms with Crippen molar-refractivity contribution in [3.8, 4) is 0 Å². The first kappa shape index (κ1) is 38.7. The summed E-state index contributed by atoms with van der Waals surface area (Å²) in [5.74, 6) is -2.78. The first-order valence-corrected chi connectivity index (χ1v) is 17.2. The van der Waals surface area contributed by atoms with Crippen LogP contribution < -0.4 is 38.9 Å². The molecule has 0 bridgehead atoms. The van der Waals surface area contributed by atoms with Crippen LogP contribution in [0.1, 0.15) is 70.8 Å². The maximum atomic E-state index is 13.8. The number of primary amides is 1. The van der Waals surface area contributed by atoms with Gasteiger partial charge in [-0.05, 0) is 73.7 Å². The van der Waals surface area contributed by atoms with Crippen molar-refractivity contribution in [3.05, 3.63) is 48.0 Å². The summed E-state index contributed by atoms with van der Waals surface area (Å²) in [6.07, 6.45) is 3.79. The van der Waals surface area contributed by atoms with Crippen molar-refractivity contribution in [1.82, 2.24) is 20.9 Å². The molecule has 1 fully saturated rings. The fraction of sp³-hybridized carbons (Fsp3) is 0.543. The Morgan fingerprint density at radius 3 is 2.27 bits per heavy atom. The van der Waals surface area contributed by atoms with E-state index >= 15 is 0 Å². The molecule has 14 heteroatoms. The molecule has 0 aliphatic carbocycles. The number of unbranched alkanes of at least 4 members (excludes halogenated alkanes) is 1. The van der Waals surface area contributed by atoms with E-state index in [9.17, 15) is 24.0 Å². The van der Waals surface area contributed by atoms with Crippen molar-refractivity contribution < 1.29 is 24.0 Å². The Kier molecular flexibility index (Phi) is 15.3. The number of carbonyl (C=O) groups is 5. The van der Waals surface area contributed by atoms with Gasteiger partial charge in [0.05, 0.1) is 6.42 Å². The first-order valence-electron chi connectivity index (χ1n) is 17.2. The zero-order valence-electron chi connectivity index (χ0n) is 28.7. The zero-order chi connectivity index (χ0) is 35.9. The largest absolute Gasteiger partial charge is 0.370 e. The van der Waals surface area contributed by atoms with Crippen LogP contribution in [0.4, 0.5) is 0 Å². The van der Waals surface area contributed by atoms with Gasteiger partial charge in [0, 0.05) is 13.1 Å². The van der Waals surface area contributed by atoms with Crippen LogP contribution in [0, 0.1) is 5.92 Å². The third kappa shape index (κ3) is 11.4. The Balaban J connectivity index is 1.76. The van der Waals surface area contributed by atoms with Gasteiger partial charge < -0.3 is 43.8 Å². The van der Waals surface area contributed by atoms with Crippen LogP contribution in [0.2, 0.25) is 0 Å². The van der Waals surface area contributed by atoms with E-state index in [4.69, 9.17) is 22.9 Å². The smallest absolute Gasteiger partial charge is 0.243 e. The van der Waals surface area contributed by atoms with Crippen LogP contribution in [0.25, 0.3) is 10.8 Å². The van der Waals surface area contributed by atoms with Crippen LogP contribution >= 0.6 is 0 Å². The van der Waals surface area contributed by atoms with Gasteiger partial charge in [-0.2, -0.15) is 0 Å². The molecular weight excluding hydrogens is 626 g/mol. The van der Waals surface area contributed by atoms with Gasteiger partial charge in [-0.3, -0.25) is 29.0 Å². The number of rotatable bonds is 19. The molecule has 2 aromatic rings. The SMILES string of the molecule is CC[C@H](C)[C@H](NC(=O)[C@H](CCCN=C(N)N)NC(=O)[C@H](CCCCN)NC(=O)[C@@H]1CCCN1C(=O)Cc1cccc2ccccc12)C(N)=O. The lowest BCUT2D eigenvalue weighted by atomic mass is 9.97. The van der Waals surface area contributed by atoms with Gasteiger partial charge in [0.15, 0.2) is 5.96 Å². The maximum Gasteiger partial charge on any atom is 0.243 e. The highest BCUT2D eigenvalue weighted by molar-refractivity contribution is 5.96. The monoisotopic (exact) mass is 679 g/mol. The number of carbonyl (C=O) groups excluding carboxylic acids is 5. The molecule has 49 heavy (non-hydrogen) atoms. The van der Waals surface area contributed by atoms with Crippen LogP contribution in [0.5, 0.6) is 0 Å². The molecule has 1 aliphatic rings. The van der Waals surface area contributed by atoms with E-state index in [2.05, 4.69) is 20.9 Å². The molecule has 14 nitrogen and oxygen atoms in total. The molecular formula is C35H53N9O5. The molecule has 5 atom stereocenters. The maximum absolute atomic E-state index is 13.8. The summed E-state index contributed by atoms with van der Waals surface area (Å²) in [4.78, 5) is 72.1. The van der Waals surface area contributed by atoms with E-state index in [1.165, 1.54) is 0 Å². The summed E-state index contributed by atoms with van der Waals surface area (Å²) >= 11 is 0. The first-order chi connectivity index (χ1) is 23.5. The summed E-state index contributed by atoms with van der Waals surface area (Å²) in [7, 11) is 0. The van der Waals surface area contributed by atoms with Crippen molar-refractivity contribution in [2.75, 3.05) is 19.6 Å². The minimum atomic E-state index is -1.06. The number of nitrogens with zero attached hydrogens (tertiary/aromatic N) is 2. The van der Waals surface area contributed by atoms with Gasteiger partial charge in [-0.1, -0.05) is 62.7 Å². The number of guanidine groups is 1. The third-order valence-corrected chi connectivity index (χ3v) is 9.07. The zero-order valence-corrected chi connectivity index (χ0v) is 28.7. The number of nitrogens with two attached hydrogens (primary N) is 4. The fourth-order valence-electron chi connectivity index (χ4n) is 6.11. The van der Waals surface area contributed by atoms with Crippen LogP contribution in [0.15, 0.2) is 47.5 Å². The molecule has 0 unspecified atom stereocenters. The normalized spacial score (nSPS) is 16.6. The standard InChI is InChI=1S/C35H53N9O5/c1-3-22(2)30(31(37)46)43-33(48)27(16-9-19-40-35(38)39)41-32(47)26(15-6-7-18-36)42-34(49)28-17-10-20-44(28)29(45)21-24-13-8-12-23-11-4-5-14-25(23)24/h4-5,8,11-14,22,26-28,30H,3,6-7,9-10,15-21,36H2,1-2H3,(H2,37,46)(H,41,47)(H,42,49)(H,43,48)(H4,38,39,40)/t22-,26-,27-,28-,30-/m0/s1. The molecule has 1 aliphatic heterocycles. The molecule has 0 saturated carbocycles. The van der Waals surface area contributed by atoms with Crippen molar-refractivity contribution in [2.24, 2.45) is 33.8 Å². The number of hydrogen-bond acceptors (Lipinski definition) is 7. The van der Waals surface area contributed by atoms with E-state index in [1.54, 1.807) is 11.8 Å². The lowest BCUT2D eigenvalue weighted by Gasteiger charge is -2.28. The van der Waals surface area contributed by atoms with E-state index in [0.717, 1.165) is 16.3 Å². The van der Waals surface area contributed by atoms with E-state index in [-0.39, 0.29) is 43.6 Å². The topological polar surface area (TPSA) is 241 Å². The van der Waals surface area contributed by atoms with Gasteiger partial charge in [0.25, 0.3) is 0 Å². The highest BCUT2D eigenvalue weighted by Crippen LogP contribution is 2.23. The number of likely N-dealkylation sites (tertiary alicyclic amines) is 1. The van der Waals surface area contributed by atoms with E-state index < -0.39 is 47.8 Å². The van der Waals surface area contributed by atoms with E-state index in [0.29, 0.717) is 51.6 Å². The van der Waals surface area contributed by atoms with Gasteiger partial charge >= 0.3 is 0 Å². The number of hydrogen-bond donors (Lipinski definition) is 7. The minimum Gasteiger partial charge on any atom is -0.370 e. The Morgan fingerprint density at radius 2 is 1.57 bits per heavy atom. The second-order valence-corrected chi connectivity index (χ2v) is 12.7. The summed E-state index contributed by atoms with van der Waals surface area (Å²) < 4.78 is 0. The number of amides is 5. The molecule has 11 N–H and O–H groups in total. The highest BCUT2D eigenvalue weighted by atomic mass is 16.2. The summed E-state index contributed by atoms with van der Waals surface area (Å²) in [6.45, 7) is 4.72. The highest BCUT2D eigenvalue weighted by Gasteiger charge is 2.37. The second-order valence-electron chi connectivity index (χ2n) is 12.7. The molecule has 2 aromatic carbocycles. The molecule has 0 radical (unpaired) electrons. The lowest BCUT2D eigenvalue weighted by Crippen LogP contribution is -2.58. The molecule has 3 rings (SSSR count). The number of fused-ring (bicyclic) bond motifs is 1. The summed E-state index contributed by atoms with van der Waals surface area (Å²) in [5.41, 5.74) is 23.0. The predicted molar refractivity (Wildman–Crippen MR) is 190 cm³/mol. The number of benzene rings is 2. The minimum absolute atomic E-state index is 0.102. The summed E-state index contributed by atoms with van der Waals surface area (Å²) in [6, 6.07) is 9.93. The Hall–Kier alpha value is -4.72. The van der Waals surface area contributed by atoms with Gasteiger partial charge in [0.2, 0.25) is 29.5 Å². The second kappa shape index (κ2) is 19.3. The fourth-order valence-corrected chi connectivity index (χ4v) is 6.11. The van der Waals surface area contributed by atoms with Crippen molar-refractivity contribution in [1.29, 1.82) is 0 Å². The predicted octanol–water partition coefficient (Wildman–Crippen LogP) is 0.542. The van der Waals surface area contributed by atoms with Crippen molar-refractivity contribution in [3.63, 3.8) is 0 Å². The molecule has 0 spiro atoms. The van der Waals surface area contributed by atoms with Gasteiger partial charge in [0.1, 0.15) is 24.2 Å². The average Bonchev–Trinajstić information content (AvgIpc) is 3.58. The van der Waals surface area contributed by atoms with Crippen molar-refractivity contribution in [2.45, 2.75) is 95.8 Å². The Morgan fingerprint density at radius 1 is 0.898 bits per heavy atom. The molecule has 1 saturated heterocycles. The Bertz CT molecular complexity index is 1470. The van der Waals surface area contributed by atoms with Crippen LogP contribution in [-0.2, 0) is 30.4 Å². The van der Waals surface area contributed by atoms with Gasteiger partial charge in [-0.15, -0.1) is 0 Å². The molecule has 0 aromatic heterocycles. The summed E-state index contributed by atoms with van der Waals surface area (Å²) in [5, 5.41) is 10.3.